The number of nitrogens with zero attached hydrogens (tertiary/aromatic N) is 3. The fraction of sp³-hybridized carbons (Fsp3) is 0.318. The summed E-state index contributed by atoms with van der Waals surface area (Å²) in [5, 5.41) is 9.58. The number of amides is 1. The van der Waals surface area contributed by atoms with Gasteiger partial charge in [-0.05, 0) is 61.1 Å². The summed E-state index contributed by atoms with van der Waals surface area (Å²) in [6.07, 6.45) is 5.55. The van der Waals surface area contributed by atoms with E-state index in [2.05, 4.69) is 22.1 Å². The molecule has 1 saturated heterocycles. The van der Waals surface area contributed by atoms with Crippen LogP contribution in [0.15, 0.2) is 42.7 Å². The minimum atomic E-state index is 0.0825. The molecule has 1 aliphatic carbocycles. The minimum absolute atomic E-state index is 0.0825. The summed E-state index contributed by atoms with van der Waals surface area (Å²) >= 11 is 0. The minimum Gasteiger partial charge on any atom is -0.345 e. The van der Waals surface area contributed by atoms with Gasteiger partial charge in [0.15, 0.2) is 0 Å². The first-order valence-electron chi connectivity index (χ1n) is 9.52. The average molecular weight is 356 g/mol. The molecule has 0 bridgehead atoms. The number of aromatic amines is 1. The Labute approximate surface area is 157 Å². The fourth-order valence-electron chi connectivity index (χ4n) is 4.91. The van der Waals surface area contributed by atoms with Gasteiger partial charge in [0, 0.05) is 24.1 Å². The number of carbonyl (C=O) groups excluding carboxylic acids is 1. The number of benzene rings is 2. The summed E-state index contributed by atoms with van der Waals surface area (Å²) in [6.45, 7) is 0.783. The Morgan fingerprint density at radius 3 is 3.07 bits per heavy atom. The lowest BCUT2D eigenvalue weighted by atomic mass is 9.72. The largest absolute Gasteiger partial charge is 0.345 e. The third kappa shape index (κ3) is 2.52. The third-order valence-electron chi connectivity index (χ3n) is 6.10. The number of fused-ring (bicyclic) bond motifs is 4. The Hall–Kier alpha value is -3.13. The molecule has 1 aromatic heterocycles. The van der Waals surface area contributed by atoms with E-state index < -0.39 is 0 Å². The van der Waals surface area contributed by atoms with Crippen LogP contribution < -0.4 is 0 Å². The van der Waals surface area contributed by atoms with E-state index in [4.69, 9.17) is 0 Å². The normalized spacial score (nSPS) is 21.4. The molecule has 2 atom stereocenters. The molecule has 1 amide bonds. The van der Waals surface area contributed by atoms with E-state index in [-0.39, 0.29) is 17.9 Å². The number of piperidine rings is 1. The number of carbonyl (C=O) groups is 1. The molecule has 2 heterocycles. The molecule has 0 radical (unpaired) electrons. The van der Waals surface area contributed by atoms with Crippen molar-refractivity contribution in [3.63, 3.8) is 0 Å². The number of aromatic nitrogens is 2. The summed E-state index contributed by atoms with van der Waals surface area (Å²) in [4.78, 5) is 22.7. The molecule has 1 N–H and O–H groups in total. The van der Waals surface area contributed by atoms with E-state index in [1.807, 2.05) is 35.2 Å². The standard InChI is InChI=1S/C22H20N4O/c23-12-16-4-1-3-14-7-9-20-17(21(14)16)5-2-10-26(20)22(27)15-6-8-18-19(11-15)25-13-24-18/h1,3-4,6,8,11,13,17,20H,2,5,7,9-10H2,(H,24,25). The predicted octanol–water partition coefficient (Wildman–Crippen LogP) is 3.77. The molecule has 0 spiro atoms. The van der Waals surface area contributed by atoms with E-state index in [0.717, 1.165) is 48.8 Å². The van der Waals surface area contributed by atoms with Gasteiger partial charge in [-0.1, -0.05) is 12.1 Å². The van der Waals surface area contributed by atoms with Crippen LogP contribution in [0, 0.1) is 11.3 Å². The number of likely N-dealkylation sites (tertiary alicyclic amines) is 1. The summed E-state index contributed by atoms with van der Waals surface area (Å²) in [5.41, 5.74) is 5.69. The summed E-state index contributed by atoms with van der Waals surface area (Å²) in [7, 11) is 0. The zero-order valence-electron chi connectivity index (χ0n) is 15.0. The van der Waals surface area contributed by atoms with Crippen LogP contribution >= 0.6 is 0 Å². The highest BCUT2D eigenvalue weighted by molar-refractivity contribution is 5.97. The van der Waals surface area contributed by atoms with Gasteiger partial charge in [0.05, 0.1) is 29.0 Å². The van der Waals surface area contributed by atoms with E-state index in [0.29, 0.717) is 5.56 Å². The SMILES string of the molecule is N#Cc1cccc2c1C1CCCN(C(=O)c3ccc4nc[nH]c4c3)C1CC2. The quantitative estimate of drug-likeness (QED) is 0.721. The van der Waals surface area contributed by atoms with Gasteiger partial charge in [-0.2, -0.15) is 5.26 Å². The van der Waals surface area contributed by atoms with Gasteiger partial charge in [0.25, 0.3) is 5.91 Å². The number of imidazole rings is 1. The van der Waals surface area contributed by atoms with Gasteiger partial charge in [-0.25, -0.2) is 4.98 Å². The molecule has 5 heteroatoms. The molecule has 0 saturated carbocycles. The maximum absolute atomic E-state index is 13.3. The molecule has 3 aromatic rings. The molecule has 5 nitrogen and oxygen atoms in total. The second-order valence-electron chi connectivity index (χ2n) is 7.48. The first-order valence-corrected chi connectivity index (χ1v) is 9.52. The zero-order valence-corrected chi connectivity index (χ0v) is 15.0. The Morgan fingerprint density at radius 2 is 2.19 bits per heavy atom. The molecule has 5 rings (SSSR count). The first-order chi connectivity index (χ1) is 13.3. The molecule has 1 aliphatic heterocycles. The smallest absolute Gasteiger partial charge is 0.254 e. The zero-order chi connectivity index (χ0) is 18.4. The molecular weight excluding hydrogens is 336 g/mol. The van der Waals surface area contributed by atoms with E-state index in [1.54, 1.807) is 6.33 Å². The third-order valence-corrected chi connectivity index (χ3v) is 6.10. The highest BCUT2D eigenvalue weighted by atomic mass is 16.2. The molecular formula is C22H20N4O. The van der Waals surface area contributed by atoms with Crippen LogP contribution in [0.3, 0.4) is 0 Å². The summed E-state index contributed by atoms with van der Waals surface area (Å²) in [6, 6.07) is 14.2. The van der Waals surface area contributed by atoms with Crippen molar-refractivity contribution < 1.29 is 4.79 Å². The van der Waals surface area contributed by atoms with Crippen molar-refractivity contribution in [2.24, 2.45) is 0 Å². The number of nitrogens with one attached hydrogen (secondary N) is 1. The van der Waals surface area contributed by atoms with Crippen molar-refractivity contribution in [1.82, 2.24) is 14.9 Å². The number of nitriles is 1. The molecule has 2 unspecified atom stereocenters. The lowest BCUT2D eigenvalue weighted by Crippen LogP contribution is -2.49. The molecule has 27 heavy (non-hydrogen) atoms. The molecule has 1 fully saturated rings. The van der Waals surface area contributed by atoms with Gasteiger partial charge in [-0.3, -0.25) is 4.79 Å². The number of H-pyrrole nitrogens is 1. The number of aryl methyl sites for hydroxylation is 1. The maximum atomic E-state index is 13.3. The van der Waals surface area contributed by atoms with Gasteiger partial charge in [0.2, 0.25) is 0 Å². The molecule has 2 aromatic carbocycles. The van der Waals surface area contributed by atoms with Crippen LogP contribution in [-0.2, 0) is 6.42 Å². The highest BCUT2D eigenvalue weighted by Crippen LogP contribution is 2.42. The Morgan fingerprint density at radius 1 is 1.26 bits per heavy atom. The van der Waals surface area contributed by atoms with Crippen LogP contribution in [0.25, 0.3) is 11.0 Å². The predicted molar refractivity (Wildman–Crippen MR) is 102 cm³/mol. The second kappa shape index (κ2) is 6.24. The van der Waals surface area contributed by atoms with E-state index >= 15 is 0 Å². The van der Waals surface area contributed by atoms with Crippen molar-refractivity contribution in [2.75, 3.05) is 6.54 Å². The number of hydrogen-bond donors (Lipinski definition) is 1. The lowest BCUT2D eigenvalue weighted by Gasteiger charge is -2.45. The van der Waals surface area contributed by atoms with Crippen LogP contribution in [0.5, 0.6) is 0 Å². The van der Waals surface area contributed by atoms with Crippen molar-refractivity contribution in [1.29, 1.82) is 5.26 Å². The van der Waals surface area contributed by atoms with Crippen LogP contribution in [0.2, 0.25) is 0 Å². The second-order valence-corrected chi connectivity index (χ2v) is 7.48. The topological polar surface area (TPSA) is 72.8 Å². The van der Waals surface area contributed by atoms with Crippen molar-refractivity contribution >= 4 is 16.9 Å². The maximum Gasteiger partial charge on any atom is 0.254 e. The van der Waals surface area contributed by atoms with Crippen molar-refractivity contribution in [3.05, 3.63) is 65.0 Å². The van der Waals surface area contributed by atoms with Gasteiger partial charge < -0.3 is 9.88 Å². The van der Waals surface area contributed by atoms with Crippen molar-refractivity contribution in [2.45, 2.75) is 37.6 Å². The fourth-order valence-corrected chi connectivity index (χ4v) is 4.91. The van der Waals surface area contributed by atoms with Crippen LogP contribution in [0.1, 0.15) is 52.2 Å². The van der Waals surface area contributed by atoms with E-state index in [9.17, 15) is 10.1 Å². The molecule has 134 valence electrons. The van der Waals surface area contributed by atoms with E-state index in [1.165, 1.54) is 11.1 Å². The van der Waals surface area contributed by atoms with Crippen LogP contribution in [-0.4, -0.2) is 33.4 Å². The summed E-state index contributed by atoms with van der Waals surface area (Å²) in [5.74, 6) is 0.345. The van der Waals surface area contributed by atoms with Crippen molar-refractivity contribution in [3.8, 4) is 6.07 Å². The number of hydrogen-bond acceptors (Lipinski definition) is 3. The molecule has 2 aliphatic rings. The Bertz CT molecular complexity index is 1080. The van der Waals surface area contributed by atoms with Gasteiger partial charge >= 0.3 is 0 Å². The lowest BCUT2D eigenvalue weighted by molar-refractivity contribution is 0.0546. The van der Waals surface area contributed by atoms with Gasteiger partial charge in [0.1, 0.15) is 0 Å². The Kier molecular flexibility index (Phi) is 3.71. The highest BCUT2D eigenvalue weighted by Gasteiger charge is 2.39. The monoisotopic (exact) mass is 356 g/mol. The summed E-state index contributed by atoms with van der Waals surface area (Å²) < 4.78 is 0. The van der Waals surface area contributed by atoms with Gasteiger partial charge in [-0.15, -0.1) is 0 Å². The Balaban J connectivity index is 1.51. The average Bonchev–Trinajstić information content (AvgIpc) is 3.20. The number of rotatable bonds is 1. The van der Waals surface area contributed by atoms with Crippen LogP contribution in [0.4, 0.5) is 0 Å². The first kappa shape index (κ1) is 16.1.